The smallest absolute Gasteiger partial charge is 0.0670 e. The molecule has 0 spiro atoms. The number of hydrogen-bond acceptors (Lipinski definition) is 4. The maximum atomic E-state index is 8.68. The number of nitrogens with one attached hydrogen (secondary N) is 2. The van der Waals surface area contributed by atoms with Gasteiger partial charge in [-0.05, 0) is 23.8 Å². The third-order valence-corrected chi connectivity index (χ3v) is 2.46. The highest BCUT2D eigenvalue weighted by molar-refractivity contribution is 5.58. The summed E-state index contributed by atoms with van der Waals surface area (Å²) in [7, 11) is 0. The Balaban J connectivity index is 2.06. The number of benzene rings is 1. The van der Waals surface area contributed by atoms with E-state index in [0.717, 1.165) is 16.8 Å². The summed E-state index contributed by atoms with van der Waals surface area (Å²) in [6, 6.07) is 7.71. The van der Waals surface area contributed by atoms with E-state index in [1.807, 2.05) is 24.4 Å². The fourth-order valence-corrected chi connectivity index (χ4v) is 1.53. The first-order valence-corrected chi connectivity index (χ1v) is 5.26. The lowest BCUT2D eigenvalue weighted by Gasteiger charge is -2.08. The summed E-state index contributed by atoms with van der Waals surface area (Å²) in [6.45, 7) is 0.687. The van der Waals surface area contributed by atoms with Gasteiger partial charge in [-0.15, -0.1) is 0 Å². The van der Waals surface area contributed by atoms with Crippen LogP contribution in [-0.2, 0) is 13.0 Å². The number of aromatic nitrogens is 2. The molecule has 0 bridgehead atoms. The molecule has 5 nitrogen and oxygen atoms in total. The van der Waals surface area contributed by atoms with E-state index in [0.29, 0.717) is 18.7 Å². The largest absolute Gasteiger partial charge is 0.398 e. The number of nitrogens with zero attached hydrogens (tertiary/aromatic N) is 2. The molecule has 0 aliphatic heterocycles. The van der Waals surface area contributed by atoms with E-state index in [1.165, 1.54) is 0 Å². The molecule has 0 unspecified atom stereocenters. The van der Waals surface area contributed by atoms with Gasteiger partial charge in [0.1, 0.15) is 0 Å². The van der Waals surface area contributed by atoms with E-state index in [-0.39, 0.29) is 0 Å². The van der Waals surface area contributed by atoms with Gasteiger partial charge in [-0.25, -0.2) is 0 Å². The van der Waals surface area contributed by atoms with E-state index in [4.69, 9.17) is 11.0 Å². The molecule has 0 aliphatic carbocycles. The number of nitrogen functional groups attached to an aromatic ring is 1. The molecule has 17 heavy (non-hydrogen) atoms. The minimum atomic E-state index is 0.326. The zero-order valence-electron chi connectivity index (χ0n) is 9.27. The van der Waals surface area contributed by atoms with Crippen LogP contribution in [0.1, 0.15) is 11.1 Å². The average Bonchev–Trinajstić information content (AvgIpc) is 2.83. The molecule has 5 heteroatoms. The minimum Gasteiger partial charge on any atom is -0.398 e. The van der Waals surface area contributed by atoms with Crippen LogP contribution in [0.25, 0.3) is 0 Å². The molecular formula is C12H13N5. The van der Waals surface area contributed by atoms with Crippen molar-refractivity contribution in [2.24, 2.45) is 0 Å². The highest BCUT2D eigenvalue weighted by atomic mass is 15.1. The lowest BCUT2D eigenvalue weighted by Crippen LogP contribution is -2.00. The Kier molecular flexibility index (Phi) is 3.26. The van der Waals surface area contributed by atoms with Gasteiger partial charge < -0.3 is 11.1 Å². The van der Waals surface area contributed by atoms with E-state index < -0.39 is 0 Å². The molecule has 2 aromatic rings. The van der Waals surface area contributed by atoms with Crippen molar-refractivity contribution in [1.82, 2.24) is 10.2 Å². The van der Waals surface area contributed by atoms with Gasteiger partial charge in [0.25, 0.3) is 0 Å². The molecule has 86 valence electrons. The number of nitrogens with two attached hydrogens (primary N) is 1. The highest BCUT2D eigenvalue weighted by Crippen LogP contribution is 2.18. The lowest BCUT2D eigenvalue weighted by atomic mass is 10.1. The molecule has 2 rings (SSSR count). The van der Waals surface area contributed by atoms with E-state index in [1.54, 1.807) is 6.20 Å². The van der Waals surface area contributed by atoms with E-state index in [9.17, 15) is 0 Å². The van der Waals surface area contributed by atoms with Crippen molar-refractivity contribution in [3.05, 3.63) is 41.7 Å². The van der Waals surface area contributed by atoms with Gasteiger partial charge in [0.15, 0.2) is 0 Å². The van der Waals surface area contributed by atoms with Crippen LogP contribution in [0.4, 0.5) is 11.4 Å². The van der Waals surface area contributed by atoms with Crippen LogP contribution in [-0.4, -0.2) is 10.2 Å². The molecule has 0 amide bonds. The molecule has 0 aliphatic rings. The first-order chi connectivity index (χ1) is 8.29. The summed E-state index contributed by atoms with van der Waals surface area (Å²) in [5.41, 5.74) is 9.30. The zero-order chi connectivity index (χ0) is 12.1. The predicted octanol–water partition coefficient (Wildman–Crippen LogP) is 1.67. The molecule has 0 saturated heterocycles. The standard InChI is InChI=1S/C12H13N5/c13-4-3-10-5-11(1-2-12(10)14)15-6-9-7-16-17-8-9/h1-2,5,7-8,15H,3,6,14H2,(H,16,17). The first-order valence-electron chi connectivity index (χ1n) is 5.26. The fraction of sp³-hybridized carbons (Fsp3) is 0.167. The predicted molar refractivity (Wildman–Crippen MR) is 66.1 cm³/mol. The van der Waals surface area contributed by atoms with E-state index in [2.05, 4.69) is 21.6 Å². The van der Waals surface area contributed by atoms with Gasteiger partial charge in [-0.2, -0.15) is 10.4 Å². The van der Waals surface area contributed by atoms with Crippen LogP contribution in [0.2, 0.25) is 0 Å². The van der Waals surface area contributed by atoms with Gasteiger partial charge in [0.05, 0.1) is 18.7 Å². The topological polar surface area (TPSA) is 90.5 Å². The van der Waals surface area contributed by atoms with Crippen LogP contribution in [0.5, 0.6) is 0 Å². The number of H-pyrrole nitrogens is 1. The van der Waals surface area contributed by atoms with Gasteiger partial charge in [0, 0.05) is 29.7 Å². The maximum Gasteiger partial charge on any atom is 0.0670 e. The number of rotatable bonds is 4. The molecule has 1 aromatic carbocycles. The van der Waals surface area contributed by atoms with Crippen molar-refractivity contribution >= 4 is 11.4 Å². The first kappa shape index (κ1) is 11.0. The monoisotopic (exact) mass is 227 g/mol. The SMILES string of the molecule is N#CCc1cc(NCc2cn[nH]c2)ccc1N. The van der Waals surface area contributed by atoms with Crippen molar-refractivity contribution in [3.63, 3.8) is 0 Å². The number of aromatic amines is 1. The van der Waals surface area contributed by atoms with Gasteiger partial charge in [-0.3, -0.25) is 5.10 Å². The van der Waals surface area contributed by atoms with Crippen molar-refractivity contribution in [2.45, 2.75) is 13.0 Å². The average molecular weight is 227 g/mol. The molecule has 1 heterocycles. The van der Waals surface area contributed by atoms with Crippen LogP contribution >= 0.6 is 0 Å². The Bertz CT molecular complexity index is 524. The second kappa shape index (κ2) is 5.03. The Hall–Kier alpha value is -2.48. The van der Waals surface area contributed by atoms with Crippen LogP contribution < -0.4 is 11.1 Å². The number of hydrogen-bond donors (Lipinski definition) is 3. The van der Waals surface area contributed by atoms with Crippen molar-refractivity contribution in [3.8, 4) is 6.07 Å². The van der Waals surface area contributed by atoms with Gasteiger partial charge >= 0.3 is 0 Å². The third kappa shape index (κ3) is 2.75. The molecule has 0 fully saturated rings. The van der Waals surface area contributed by atoms with Gasteiger partial charge in [-0.1, -0.05) is 0 Å². The molecule has 1 aromatic heterocycles. The maximum absolute atomic E-state index is 8.68. The van der Waals surface area contributed by atoms with Crippen molar-refractivity contribution in [1.29, 1.82) is 5.26 Å². The highest BCUT2D eigenvalue weighted by Gasteiger charge is 2.01. The van der Waals surface area contributed by atoms with Crippen LogP contribution in [0.3, 0.4) is 0 Å². The minimum absolute atomic E-state index is 0.326. The molecule has 4 N–H and O–H groups in total. The third-order valence-electron chi connectivity index (χ3n) is 2.46. The second-order valence-electron chi connectivity index (χ2n) is 3.71. The quantitative estimate of drug-likeness (QED) is 0.693. The summed E-state index contributed by atoms with van der Waals surface area (Å²) >= 11 is 0. The lowest BCUT2D eigenvalue weighted by molar-refractivity contribution is 1.09. The Morgan fingerprint density at radius 3 is 3.06 bits per heavy atom. The number of anilines is 2. The summed E-state index contributed by atoms with van der Waals surface area (Å²) < 4.78 is 0. The summed E-state index contributed by atoms with van der Waals surface area (Å²) in [5, 5.41) is 18.5. The van der Waals surface area contributed by atoms with Gasteiger partial charge in [0.2, 0.25) is 0 Å². The second-order valence-corrected chi connectivity index (χ2v) is 3.71. The summed E-state index contributed by atoms with van der Waals surface area (Å²) in [5.74, 6) is 0. The molecule has 0 atom stereocenters. The van der Waals surface area contributed by atoms with E-state index >= 15 is 0 Å². The molecule has 0 saturated carbocycles. The molecule has 0 radical (unpaired) electrons. The summed E-state index contributed by atoms with van der Waals surface area (Å²) in [6.07, 6.45) is 3.92. The van der Waals surface area contributed by atoms with Crippen molar-refractivity contribution in [2.75, 3.05) is 11.1 Å². The number of nitriles is 1. The van der Waals surface area contributed by atoms with Crippen LogP contribution in [0, 0.1) is 11.3 Å². The van der Waals surface area contributed by atoms with Crippen molar-refractivity contribution < 1.29 is 0 Å². The Morgan fingerprint density at radius 1 is 1.47 bits per heavy atom. The summed E-state index contributed by atoms with van der Waals surface area (Å²) in [4.78, 5) is 0. The molecular weight excluding hydrogens is 214 g/mol. The fourth-order valence-electron chi connectivity index (χ4n) is 1.53. The zero-order valence-corrected chi connectivity index (χ0v) is 9.27. The Labute approximate surface area is 99.3 Å². The van der Waals surface area contributed by atoms with Crippen LogP contribution in [0.15, 0.2) is 30.6 Å². The normalized spacial score (nSPS) is 9.82. The Morgan fingerprint density at radius 2 is 2.35 bits per heavy atom.